The van der Waals surface area contributed by atoms with Crippen molar-refractivity contribution in [1.82, 2.24) is 5.32 Å². The molecule has 2 atom stereocenters. The summed E-state index contributed by atoms with van der Waals surface area (Å²) in [6, 6.07) is 7.34. The molecule has 0 aromatic heterocycles. The Morgan fingerprint density at radius 2 is 1.96 bits per heavy atom. The summed E-state index contributed by atoms with van der Waals surface area (Å²) in [6.45, 7) is 5.07. The lowest BCUT2D eigenvalue weighted by molar-refractivity contribution is -0.125. The van der Waals surface area contributed by atoms with E-state index in [2.05, 4.69) is 19.2 Å². The minimum Gasteiger partial charge on any atom is -0.478 e. The van der Waals surface area contributed by atoms with E-state index in [1.807, 2.05) is 12.1 Å². The van der Waals surface area contributed by atoms with Crippen LogP contribution in [-0.4, -0.2) is 35.7 Å². The van der Waals surface area contributed by atoms with Crippen LogP contribution in [0.15, 0.2) is 24.3 Å². The van der Waals surface area contributed by atoms with Crippen molar-refractivity contribution in [3.05, 3.63) is 35.4 Å². The van der Waals surface area contributed by atoms with Gasteiger partial charge in [-0.2, -0.15) is 0 Å². The largest absolute Gasteiger partial charge is 0.478 e. The van der Waals surface area contributed by atoms with E-state index in [4.69, 9.17) is 4.74 Å². The van der Waals surface area contributed by atoms with Crippen molar-refractivity contribution in [1.29, 1.82) is 0 Å². The van der Waals surface area contributed by atoms with E-state index >= 15 is 0 Å². The summed E-state index contributed by atoms with van der Waals surface area (Å²) < 4.78 is 5.78. The number of amides is 1. The highest BCUT2D eigenvalue weighted by Gasteiger charge is 2.34. The van der Waals surface area contributed by atoms with Crippen LogP contribution in [0.4, 0.5) is 0 Å². The fourth-order valence-electron chi connectivity index (χ4n) is 4.14. The van der Waals surface area contributed by atoms with Crippen LogP contribution in [0.1, 0.15) is 67.8 Å². The van der Waals surface area contributed by atoms with Gasteiger partial charge in [0.25, 0.3) is 0 Å². The van der Waals surface area contributed by atoms with Crippen molar-refractivity contribution < 1.29 is 19.4 Å². The number of ether oxygens (including phenoxy) is 1. The van der Waals surface area contributed by atoms with Crippen molar-refractivity contribution in [3.8, 4) is 0 Å². The van der Waals surface area contributed by atoms with Gasteiger partial charge in [0.05, 0.1) is 11.7 Å². The second kappa shape index (κ2) is 8.21. The van der Waals surface area contributed by atoms with E-state index in [9.17, 15) is 14.7 Å². The zero-order chi connectivity index (χ0) is 18.7. The molecule has 1 saturated carbocycles. The summed E-state index contributed by atoms with van der Waals surface area (Å²) in [5.74, 6) is 0.352. The first-order chi connectivity index (χ1) is 12.4. The maximum atomic E-state index is 12.4. The van der Waals surface area contributed by atoms with Crippen molar-refractivity contribution >= 4 is 11.9 Å². The molecule has 142 valence electrons. The topological polar surface area (TPSA) is 75.6 Å². The Morgan fingerprint density at radius 1 is 1.23 bits per heavy atom. The van der Waals surface area contributed by atoms with Crippen LogP contribution in [0.25, 0.3) is 0 Å². The van der Waals surface area contributed by atoms with E-state index in [0.717, 1.165) is 37.9 Å². The van der Waals surface area contributed by atoms with Crippen molar-refractivity contribution in [2.45, 2.75) is 64.0 Å². The summed E-state index contributed by atoms with van der Waals surface area (Å²) in [5, 5.41) is 12.4. The molecule has 5 nitrogen and oxygen atoms in total. The third kappa shape index (κ3) is 4.44. The Bertz CT molecular complexity index is 651. The Kier molecular flexibility index (Phi) is 5.97. The predicted molar refractivity (Wildman–Crippen MR) is 99.2 cm³/mol. The summed E-state index contributed by atoms with van der Waals surface area (Å²) in [5.41, 5.74) is 1.26. The molecule has 0 spiro atoms. The number of hydrogen-bond acceptors (Lipinski definition) is 3. The highest BCUT2D eigenvalue weighted by molar-refractivity contribution is 5.89. The van der Waals surface area contributed by atoms with Crippen molar-refractivity contribution in [2.75, 3.05) is 6.61 Å². The second-order valence-electron chi connectivity index (χ2n) is 8.07. The van der Waals surface area contributed by atoms with Gasteiger partial charge in [0, 0.05) is 19.1 Å². The van der Waals surface area contributed by atoms with Gasteiger partial charge in [-0.1, -0.05) is 32.0 Å². The second-order valence-corrected chi connectivity index (χ2v) is 8.07. The van der Waals surface area contributed by atoms with Crippen LogP contribution in [0, 0.1) is 11.8 Å². The first-order valence-electron chi connectivity index (χ1n) is 9.67. The molecule has 2 fully saturated rings. The molecule has 1 heterocycles. The van der Waals surface area contributed by atoms with Gasteiger partial charge in [-0.3, -0.25) is 4.79 Å². The van der Waals surface area contributed by atoms with Gasteiger partial charge in [0.15, 0.2) is 0 Å². The predicted octanol–water partition coefficient (Wildman–Crippen LogP) is 3.59. The third-order valence-electron chi connectivity index (χ3n) is 5.78. The maximum Gasteiger partial charge on any atom is 0.335 e. The SMILES string of the molecule is CC(C)C1CC(CC(=O)NC2CC(c3ccccc3C(=O)O)C2)CCO1. The average molecular weight is 359 g/mol. The number of carbonyl (C=O) groups excluding carboxylic acids is 1. The van der Waals surface area contributed by atoms with E-state index in [0.29, 0.717) is 23.8 Å². The Hall–Kier alpha value is -1.88. The van der Waals surface area contributed by atoms with Crippen LogP contribution < -0.4 is 5.32 Å². The zero-order valence-electron chi connectivity index (χ0n) is 15.6. The molecule has 1 aromatic rings. The van der Waals surface area contributed by atoms with Gasteiger partial charge in [-0.25, -0.2) is 4.79 Å². The molecule has 26 heavy (non-hydrogen) atoms. The standard InChI is InChI=1S/C21H29NO4/c1-13(2)19-9-14(7-8-26-19)10-20(23)22-16-11-15(12-16)17-5-3-4-6-18(17)21(24)25/h3-6,13-16,19H,7-12H2,1-2H3,(H,22,23)(H,24,25). The molecule has 1 aromatic carbocycles. The number of rotatable bonds is 6. The van der Waals surface area contributed by atoms with Crippen LogP contribution in [-0.2, 0) is 9.53 Å². The van der Waals surface area contributed by atoms with E-state index in [-0.39, 0.29) is 24.0 Å². The van der Waals surface area contributed by atoms with E-state index < -0.39 is 5.97 Å². The Morgan fingerprint density at radius 3 is 2.65 bits per heavy atom. The highest BCUT2D eigenvalue weighted by atomic mass is 16.5. The number of carboxylic acids is 1. The van der Waals surface area contributed by atoms with Gasteiger partial charge < -0.3 is 15.2 Å². The van der Waals surface area contributed by atoms with Crippen molar-refractivity contribution in [3.63, 3.8) is 0 Å². The summed E-state index contributed by atoms with van der Waals surface area (Å²) in [4.78, 5) is 23.7. The normalized spacial score (nSPS) is 28.4. The molecular formula is C21H29NO4. The van der Waals surface area contributed by atoms with E-state index in [1.54, 1.807) is 12.1 Å². The van der Waals surface area contributed by atoms with Gasteiger partial charge >= 0.3 is 5.97 Å². The summed E-state index contributed by atoms with van der Waals surface area (Å²) in [6.07, 6.45) is 4.39. The molecule has 2 unspecified atom stereocenters. The molecule has 5 heteroatoms. The number of carboxylic acid groups (broad SMARTS) is 1. The number of aromatic carboxylic acids is 1. The summed E-state index contributed by atoms with van der Waals surface area (Å²) in [7, 11) is 0. The lowest BCUT2D eigenvalue weighted by atomic mass is 9.74. The van der Waals surface area contributed by atoms with Gasteiger partial charge in [-0.15, -0.1) is 0 Å². The third-order valence-corrected chi connectivity index (χ3v) is 5.78. The quantitative estimate of drug-likeness (QED) is 0.814. The van der Waals surface area contributed by atoms with Crippen LogP contribution in [0.5, 0.6) is 0 Å². The van der Waals surface area contributed by atoms with Crippen molar-refractivity contribution in [2.24, 2.45) is 11.8 Å². The molecule has 0 radical (unpaired) electrons. The highest BCUT2D eigenvalue weighted by Crippen LogP contribution is 2.38. The number of benzene rings is 1. The minimum absolute atomic E-state index is 0.120. The molecule has 1 saturated heterocycles. The first-order valence-corrected chi connectivity index (χ1v) is 9.67. The molecule has 2 aliphatic rings. The smallest absolute Gasteiger partial charge is 0.335 e. The number of nitrogens with one attached hydrogen (secondary N) is 1. The van der Waals surface area contributed by atoms with Gasteiger partial charge in [0.1, 0.15) is 0 Å². The Balaban J connectivity index is 1.46. The molecule has 1 aliphatic carbocycles. The fourth-order valence-corrected chi connectivity index (χ4v) is 4.14. The lowest BCUT2D eigenvalue weighted by Gasteiger charge is -2.37. The molecular weight excluding hydrogens is 330 g/mol. The molecule has 3 rings (SSSR count). The minimum atomic E-state index is -0.882. The maximum absolute atomic E-state index is 12.4. The van der Waals surface area contributed by atoms with Crippen LogP contribution in [0.2, 0.25) is 0 Å². The molecule has 1 aliphatic heterocycles. The van der Waals surface area contributed by atoms with Crippen LogP contribution in [0.3, 0.4) is 0 Å². The Labute approximate surface area is 155 Å². The molecule has 2 N–H and O–H groups in total. The van der Waals surface area contributed by atoms with Gasteiger partial charge in [-0.05, 0) is 55.1 Å². The van der Waals surface area contributed by atoms with Crippen LogP contribution >= 0.6 is 0 Å². The summed E-state index contributed by atoms with van der Waals surface area (Å²) >= 11 is 0. The zero-order valence-corrected chi connectivity index (χ0v) is 15.6. The first kappa shape index (κ1) is 18.9. The monoisotopic (exact) mass is 359 g/mol. The molecule has 1 amide bonds. The van der Waals surface area contributed by atoms with Gasteiger partial charge in [0.2, 0.25) is 5.91 Å². The fraction of sp³-hybridized carbons (Fsp3) is 0.619. The molecule has 0 bridgehead atoms. The number of hydrogen-bond donors (Lipinski definition) is 2. The lowest BCUT2D eigenvalue weighted by Crippen LogP contribution is -2.44. The number of carbonyl (C=O) groups is 2. The average Bonchev–Trinajstić information content (AvgIpc) is 2.58. The van der Waals surface area contributed by atoms with E-state index in [1.165, 1.54) is 0 Å².